The first-order valence-corrected chi connectivity index (χ1v) is 8.97. The Morgan fingerprint density at radius 2 is 1.85 bits per heavy atom. The predicted octanol–water partition coefficient (Wildman–Crippen LogP) is 2.04. The van der Waals surface area contributed by atoms with Gasteiger partial charge in [-0.25, -0.2) is 0 Å². The average molecular weight is 380 g/mol. The molecule has 1 aliphatic heterocycles. The molecular weight excluding hydrogens is 354 g/mol. The minimum Gasteiger partial charge on any atom is -0.350 e. The number of hydrogen-bond donors (Lipinski definition) is 2. The Bertz CT molecular complexity index is 701. The summed E-state index contributed by atoms with van der Waals surface area (Å²) in [6.45, 7) is 1.98. The molecule has 1 atom stereocenters. The number of imide groups is 1. The third kappa shape index (κ3) is 4.07. The van der Waals surface area contributed by atoms with E-state index in [4.69, 9.17) is 5.73 Å². The Hall–Kier alpha value is -1.92. The second kappa shape index (κ2) is 8.64. The van der Waals surface area contributed by atoms with Crippen molar-refractivity contribution in [1.29, 1.82) is 0 Å². The number of aryl methyl sites for hydroxylation is 1. The number of benzene rings is 1. The maximum absolute atomic E-state index is 12.5. The van der Waals surface area contributed by atoms with Crippen LogP contribution >= 0.6 is 12.4 Å². The summed E-state index contributed by atoms with van der Waals surface area (Å²) in [5.41, 5.74) is 7.49. The molecule has 7 heteroatoms. The molecule has 3 N–H and O–H groups in total. The van der Waals surface area contributed by atoms with Gasteiger partial charge in [0.15, 0.2) is 0 Å². The second-order valence-corrected chi connectivity index (χ2v) is 7.05. The van der Waals surface area contributed by atoms with Gasteiger partial charge in [-0.05, 0) is 37.8 Å². The molecule has 1 saturated carbocycles. The van der Waals surface area contributed by atoms with E-state index in [1.807, 2.05) is 6.92 Å². The number of nitrogens with one attached hydrogen (secondary N) is 1. The highest BCUT2D eigenvalue weighted by Gasteiger charge is 2.37. The van der Waals surface area contributed by atoms with Gasteiger partial charge in [-0.15, -0.1) is 12.4 Å². The number of amides is 3. The fourth-order valence-corrected chi connectivity index (χ4v) is 3.85. The molecule has 1 aromatic carbocycles. The molecule has 0 bridgehead atoms. The van der Waals surface area contributed by atoms with E-state index in [-0.39, 0.29) is 30.9 Å². The van der Waals surface area contributed by atoms with Crippen LogP contribution in [-0.2, 0) is 4.79 Å². The average Bonchev–Trinajstić information content (AvgIpc) is 2.85. The lowest BCUT2D eigenvalue weighted by Crippen LogP contribution is -2.49. The summed E-state index contributed by atoms with van der Waals surface area (Å²) < 4.78 is 0. The van der Waals surface area contributed by atoms with Crippen LogP contribution in [0.4, 0.5) is 0 Å². The summed E-state index contributed by atoms with van der Waals surface area (Å²) in [4.78, 5) is 38.3. The lowest BCUT2D eigenvalue weighted by Gasteiger charge is -2.30. The van der Waals surface area contributed by atoms with Gasteiger partial charge in [-0.1, -0.05) is 30.9 Å². The molecule has 0 saturated heterocycles. The minimum atomic E-state index is -0.405. The number of fused-ring (bicyclic) bond motifs is 1. The zero-order valence-corrected chi connectivity index (χ0v) is 15.8. The highest BCUT2D eigenvalue weighted by Crippen LogP contribution is 2.26. The summed E-state index contributed by atoms with van der Waals surface area (Å²) in [6.07, 6.45) is 5.68. The lowest BCUT2D eigenvalue weighted by molar-refractivity contribution is -0.122. The first kappa shape index (κ1) is 20.4. The number of carbonyl (C=O) groups is 3. The maximum atomic E-state index is 12.5. The SMILES string of the molecule is Cc1ccc2c(c1)C(=O)N(CC(=O)NC(CN)C1CCCCC1)C2=O.Cl. The quantitative estimate of drug-likeness (QED) is 0.765. The molecule has 3 amide bonds. The molecule has 26 heavy (non-hydrogen) atoms. The fraction of sp³-hybridized carbons (Fsp3) is 0.526. The molecule has 1 aliphatic carbocycles. The number of carbonyl (C=O) groups excluding carboxylic acids is 3. The monoisotopic (exact) mass is 379 g/mol. The van der Waals surface area contributed by atoms with Crippen LogP contribution in [0, 0.1) is 12.8 Å². The van der Waals surface area contributed by atoms with Crippen LogP contribution in [0.15, 0.2) is 18.2 Å². The molecule has 6 nitrogen and oxygen atoms in total. The van der Waals surface area contributed by atoms with Gasteiger partial charge in [0, 0.05) is 12.6 Å². The van der Waals surface area contributed by atoms with Gasteiger partial charge in [0.25, 0.3) is 11.8 Å². The highest BCUT2D eigenvalue weighted by atomic mass is 35.5. The van der Waals surface area contributed by atoms with Gasteiger partial charge < -0.3 is 11.1 Å². The topological polar surface area (TPSA) is 92.5 Å². The molecule has 0 radical (unpaired) electrons. The number of halogens is 1. The third-order valence-electron chi connectivity index (χ3n) is 5.25. The van der Waals surface area contributed by atoms with Crippen molar-refractivity contribution in [3.8, 4) is 0 Å². The Morgan fingerprint density at radius 3 is 2.50 bits per heavy atom. The van der Waals surface area contributed by atoms with Crippen molar-refractivity contribution in [2.45, 2.75) is 45.1 Å². The zero-order valence-electron chi connectivity index (χ0n) is 15.0. The third-order valence-corrected chi connectivity index (χ3v) is 5.25. The molecule has 1 heterocycles. The Kier molecular flexibility index (Phi) is 6.78. The van der Waals surface area contributed by atoms with E-state index in [0.717, 1.165) is 36.1 Å². The summed E-state index contributed by atoms with van der Waals surface area (Å²) in [6, 6.07) is 5.04. The van der Waals surface area contributed by atoms with Crippen LogP contribution in [0.25, 0.3) is 0 Å². The van der Waals surface area contributed by atoms with Crippen molar-refractivity contribution in [1.82, 2.24) is 10.2 Å². The standard InChI is InChI=1S/C19H25N3O3.ClH/c1-12-7-8-14-15(9-12)19(25)22(18(14)24)11-17(23)21-16(10-20)13-5-3-2-4-6-13;/h7-9,13,16H,2-6,10-11,20H2,1H3,(H,21,23);1H. The van der Waals surface area contributed by atoms with Crippen molar-refractivity contribution >= 4 is 30.1 Å². The number of nitrogens with two attached hydrogens (primary N) is 1. The van der Waals surface area contributed by atoms with Gasteiger partial charge in [-0.2, -0.15) is 0 Å². The summed E-state index contributed by atoms with van der Waals surface area (Å²) in [7, 11) is 0. The smallest absolute Gasteiger partial charge is 0.262 e. The van der Waals surface area contributed by atoms with Gasteiger partial charge in [0.05, 0.1) is 11.1 Å². The van der Waals surface area contributed by atoms with Gasteiger partial charge in [0.2, 0.25) is 5.91 Å². The van der Waals surface area contributed by atoms with Crippen molar-refractivity contribution in [3.05, 3.63) is 34.9 Å². The zero-order chi connectivity index (χ0) is 18.0. The van der Waals surface area contributed by atoms with Crippen LogP contribution < -0.4 is 11.1 Å². The molecule has 0 spiro atoms. The first-order chi connectivity index (χ1) is 12.0. The molecule has 2 aliphatic rings. The normalized spacial score (nSPS) is 18.3. The van der Waals surface area contributed by atoms with Crippen LogP contribution in [-0.4, -0.2) is 41.8 Å². The van der Waals surface area contributed by atoms with E-state index >= 15 is 0 Å². The number of rotatable bonds is 5. The van der Waals surface area contributed by atoms with E-state index < -0.39 is 11.8 Å². The molecule has 1 fully saturated rings. The van der Waals surface area contributed by atoms with Gasteiger partial charge in [0.1, 0.15) is 6.54 Å². The highest BCUT2D eigenvalue weighted by molar-refractivity contribution is 6.22. The Morgan fingerprint density at radius 1 is 1.19 bits per heavy atom. The largest absolute Gasteiger partial charge is 0.350 e. The van der Waals surface area contributed by atoms with Crippen LogP contribution in [0.3, 0.4) is 0 Å². The Balaban J connectivity index is 0.00000243. The predicted molar refractivity (Wildman–Crippen MR) is 101 cm³/mol. The molecule has 0 aromatic heterocycles. The molecule has 3 rings (SSSR count). The van der Waals surface area contributed by atoms with Crippen molar-refractivity contribution in [2.75, 3.05) is 13.1 Å². The van der Waals surface area contributed by atoms with E-state index in [2.05, 4.69) is 5.32 Å². The number of hydrogen-bond acceptors (Lipinski definition) is 4. The van der Waals surface area contributed by atoms with Crippen molar-refractivity contribution in [2.24, 2.45) is 11.7 Å². The second-order valence-electron chi connectivity index (χ2n) is 7.05. The van der Waals surface area contributed by atoms with Gasteiger partial charge >= 0.3 is 0 Å². The minimum absolute atomic E-state index is 0. The van der Waals surface area contributed by atoms with Crippen LogP contribution in [0.5, 0.6) is 0 Å². The fourth-order valence-electron chi connectivity index (χ4n) is 3.85. The molecular formula is C19H26ClN3O3. The molecule has 1 aromatic rings. The van der Waals surface area contributed by atoms with E-state index in [1.54, 1.807) is 18.2 Å². The van der Waals surface area contributed by atoms with Crippen LogP contribution in [0.2, 0.25) is 0 Å². The number of nitrogens with zero attached hydrogens (tertiary/aromatic N) is 1. The molecule has 142 valence electrons. The Labute approximate surface area is 159 Å². The van der Waals surface area contributed by atoms with E-state index in [9.17, 15) is 14.4 Å². The summed E-state index contributed by atoms with van der Waals surface area (Å²) >= 11 is 0. The van der Waals surface area contributed by atoms with Crippen LogP contribution in [0.1, 0.15) is 58.4 Å². The summed E-state index contributed by atoms with van der Waals surface area (Å²) in [5, 5.41) is 2.93. The van der Waals surface area contributed by atoms with Crippen molar-refractivity contribution in [3.63, 3.8) is 0 Å². The van der Waals surface area contributed by atoms with Gasteiger partial charge in [-0.3, -0.25) is 19.3 Å². The van der Waals surface area contributed by atoms with E-state index in [0.29, 0.717) is 23.6 Å². The molecule has 1 unspecified atom stereocenters. The van der Waals surface area contributed by atoms with E-state index in [1.165, 1.54) is 6.42 Å². The first-order valence-electron chi connectivity index (χ1n) is 8.97. The van der Waals surface area contributed by atoms with Crippen molar-refractivity contribution < 1.29 is 14.4 Å². The summed E-state index contributed by atoms with van der Waals surface area (Å²) in [5.74, 6) is -0.752. The lowest BCUT2D eigenvalue weighted by atomic mass is 9.84. The maximum Gasteiger partial charge on any atom is 0.262 e.